The fraction of sp³-hybridized carbons (Fsp3) is 0.176. The van der Waals surface area contributed by atoms with Crippen LogP contribution in [0.5, 0.6) is 0 Å². The van der Waals surface area contributed by atoms with Crippen LogP contribution in [-0.2, 0) is 22.2 Å². The van der Waals surface area contributed by atoms with E-state index in [1.807, 2.05) is 35.7 Å². The summed E-state index contributed by atoms with van der Waals surface area (Å²) in [5, 5.41) is 2.88. The van der Waals surface area contributed by atoms with Gasteiger partial charge in [-0.25, -0.2) is 18.1 Å². The molecule has 24 heavy (non-hydrogen) atoms. The molecule has 0 fully saturated rings. The van der Waals surface area contributed by atoms with Crippen molar-refractivity contribution >= 4 is 21.4 Å². The number of hydrogen-bond acceptors (Lipinski definition) is 5. The molecular formula is C17H17N3O2S2. The summed E-state index contributed by atoms with van der Waals surface area (Å²) in [6.07, 6.45) is 4.03. The number of sulfonamides is 1. The summed E-state index contributed by atoms with van der Waals surface area (Å²) < 4.78 is 26.8. The van der Waals surface area contributed by atoms with Crippen LogP contribution >= 0.6 is 11.3 Å². The zero-order valence-corrected chi connectivity index (χ0v) is 14.6. The lowest BCUT2D eigenvalue weighted by Gasteiger charge is -2.05. The van der Waals surface area contributed by atoms with E-state index in [0.29, 0.717) is 13.0 Å². The zero-order valence-electron chi connectivity index (χ0n) is 12.9. The van der Waals surface area contributed by atoms with Gasteiger partial charge in [-0.05, 0) is 17.7 Å². The van der Waals surface area contributed by atoms with Gasteiger partial charge >= 0.3 is 0 Å². The van der Waals surface area contributed by atoms with Crippen LogP contribution in [0.15, 0.2) is 60.2 Å². The molecule has 124 valence electrons. The van der Waals surface area contributed by atoms with Gasteiger partial charge in [0.1, 0.15) is 0 Å². The molecule has 0 amide bonds. The molecule has 0 spiro atoms. The van der Waals surface area contributed by atoms with Gasteiger partial charge in [-0.2, -0.15) is 0 Å². The van der Waals surface area contributed by atoms with E-state index in [4.69, 9.17) is 0 Å². The average Bonchev–Trinajstić information content (AvgIpc) is 3.05. The van der Waals surface area contributed by atoms with Gasteiger partial charge in [-0.1, -0.05) is 30.3 Å². The summed E-state index contributed by atoms with van der Waals surface area (Å²) in [6, 6.07) is 13.0. The molecule has 0 aliphatic heterocycles. The molecule has 2 aromatic heterocycles. The van der Waals surface area contributed by atoms with Gasteiger partial charge in [0, 0.05) is 36.3 Å². The van der Waals surface area contributed by atoms with Crippen LogP contribution in [0.2, 0.25) is 0 Å². The molecule has 0 radical (unpaired) electrons. The highest BCUT2D eigenvalue weighted by Gasteiger charge is 2.11. The molecule has 1 aromatic carbocycles. The van der Waals surface area contributed by atoms with Crippen molar-refractivity contribution in [2.24, 2.45) is 0 Å². The van der Waals surface area contributed by atoms with Gasteiger partial charge in [-0.3, -0.25) is 4.98 Å². The Hall–Kier alpha value is -2.09. The summed E-state index contributed by atoms with van der Waals surface area (Å²) in [5.41, 5.74) is 2.68. The molecule has 0 saturated carbocycles. The van der Waals surface area contributed by atoms with Crippen molar-refractivity contribution in [2.75, 3.05) is 6.54 Å². The van der Waals surface area contributed by atoms with Gasteiger partial charge in [0.25, 0.3) is 0 Å². The maximum Gasteiger partial charge on any atom is 0.215 e. The van der Waals surface area contributed by atoms with Crippen LogP contribution in [0.4, 0.5) is 0 Å². The number of hydrogen-bond donors (Lipinski definition) is 1. The van der Waals surface area contributed by atoms with Crippen LogP contribution in [-0.4, -0.2) is 24.9 Å². The smallest absolute Gasteiger partial charge is 0.215 e. The third-order valence-corrected chi connectivity index (χ3v) is 5.65. The molecule has 0 atom stereocenters. The molecular weight excluding hydrogens is 342 g/mol. The predicted octanol–water partition coefficient (Wildman–Crippen LogP) is 2.87. The Balaban J connectivity index is 1.54. The minimum Gasteiger partial charge on any atom is -0.265 e. The van der Waals surface area contributed by atoms with Crippen molar-refractivity contribution < 1.29 is 8.42 Å². The summed E-state index contributed by atoms with van der Waals surface area (Å²) in [7, 11) is -3.33. The highest BCUT2D eigenvalue weighted by molar-refractivity contribution is 7.88. The molecule has 0 aliphatic carbocycles. The molecule has 5 nitrogen and oxygen atoms in total. The van der Waals surface area contributed by atoms with Crippen molar-refractivity contribution in [3.8, 4) is 11.3 Å². The molecule has 0 aliphatic rings. The fourth-order valence-corrected chi connectivity index (χ4v) is 4.19. The van der Waals surface area contributed by atoms with Crippen LogP contribution in [0.3, 0.4) is 0 Å². The van der Waals surface area contributed by atoms with E-state index in [0.717, 1.165) is 21.8 Å². The maximum absolute atomic E-state index is 12.1. The second kappa shape index (κ2) is 7.65. The number of thiazole rings is 1. The summed E-state index contributed by atoms with van der Waals surface area (Å²) >= 11 is 1.53. The lowest BCUT2D eigenvalue weighted by atomic mass is 10.2. The number of rotatable bonds is 7. The number of nitrogens with one attached hydrogen (secondary N) is 1. The van der Waals surface area contributed by atoms with Gasteiger partial charge in [0.05, 0.1) is 16.5 Å². The van der Waals surface area contributed by atoms with Crippen molar-refractivity contribution in [1.29, 1.82) is 0 Å². The number of pyridine rings is 1. The molecule has 3 rings (SSSR count). The molecule has 0 bridgehead atoms. The Bertz CT molecular complexity index is 878. The number of nitrogens with zero attached hydrogens (tertiary/aromatic N) is 2. The predicted molar refractivity (Wildman–Crippen MR) is 96.1 cm³/mol. The van der Waals surface area contributed by atoms with E-state index in [1.165, 1.54) is 11.3 Å². The van der Waals surface area contributed by atoms with Gasteiger partial charge in [-0.15, -0.1) is 11.3 Å². The Morgan fingerprint density at radius 3 is 2.54 bits per heavy atom. The Kier molecular flexibility index (Phi) is 5.34. The second-order valence-corrected chi connectivity index (χ2v) is 8.00. The fourth-order valence-electron chi connectivity index (χ4n) is 2.24. The van der Waals surface area contributed by atoms with Gasteiger partial charge in [0.2, 0.25) is 10.0 Å². The normalized spacial score (nSPS) is 11.5. The van der Waals surface area contributed by atoms with E-state index >= 15 is 0 Å². The Morgan fingerprint density at radius 1 is 1.04 bits per heavy atom. The number of aromatic nitrogens is 2. The first-order valence-electron chi connectivity index (χ1n) is 7.48. The first-order valence-corrected chi connectivity index (χ1v) is 10.0. The molecule has 7 heteroatoms. The Morgan fingerprint density at radius 2 is 1.79 bits per heavy atom. The van der Waals surface area contributed by atoms with E-state index < -0.39 is 10.0 Å². The Labute approximate surface area is 145 Å². The maximum atomic E-state index is 12.1. The summed E-state index contributed by atoms with van der Waals surface area (Å²) in [6.45, 7) is 0.346. The highest BCUT2D eigenvalue weighted by atomic mass is 32.2. The topological polar surface area (TPSA) is 72.0 Å². The molecule has 0 unspecified atom stereocenters. The molecule has 2 heterocycles. The standard InChI is InChI=1S/C17H17N3O2S2/c21-24(22,13-14-4-2-1-3-5-14)19-11-8-17-20-16(12-23-17)15-6-9-18-10-7-15/h1-7,9-10,12,19H,8,11,13H2. The van der Waals surface area contributed by atoms with Gasteiger partial charge < -0.3 is 0 Å². The molecule has 1 N–H and O–H groups in total. The largest absolute Gasteiger partial charge is 0.265 e. The van der Waals surface area contributed by atoms with Crippen molar-refractivity contribution in [2.45, 2.75) is 12.2 Å². The highest BCUT2D eigenvalue weighted by Crippen LogP contribution is 2.21. The third-order valence-electron chi connectivity index (χ3n) is 3.39. The monoisotopic (exact) mass is 359 g/mol. The van der Waals surface area contributed by atoms with Crippen LogP contribution in [0.1, 0.15) is 10.6 Å². The van der Waals surface area contributed by atoms with Crippen molar-refractivity contribution in [3.63, 3.8) is 0 Å². The van der Waals surface area contributed by atoms with Crippen LogP contribution < -0.4 is 4.72 Å². The van der Waals surface area contributed by atoms with Gasteiger partial charge in [0.15, 0.2) is 0 Å². The van der Waals surface area contributed by atoms with E-state index in [9.17, 15) is 8.42 Å². The average molecular weight is 359 g/mol. The lowest BCUT2D eigenvalue weighted by Crippen LogP contribution is -2.27. The first-order chi connectivity index (χ1) is 11.6. The van der Waals surface area contributed by atoms with Crippen LogP contribution in [0.25, 0.3) is 11.3 Å². The van der Waals surface area contributed by atoms with E-state index in [1.54, 1.807) is 24.5 Å². The first kappa shape index (κ1) is 16.8. The zero-order chi connectivity index (χ0) is 16.8. The van der Waals surface area contributed by atoms with Crippen molar-refractivity contribution in [3.05, 3.63) is 70.8 Å². The minimum absolute atomic E-state index is 0.00598. The van der Waals surface area contributed by atoms with Crippen LogP contribution in [0, 0.1) is 0 Å². The quantitative estimate of drug-likeness (QED) is 0.704. The molecule has 3 aromatic rings. The summed E-state index contributed by atoms with van der Waals surface area (Å²) in [5.74, 6) is -0.00598. The third kappa shape index (κ3) is 4.70. The van der Waals surface area contributed by atoms with Crippen molar-refractivity contribution in [1.82, 2.24) is 14.7 Å². The van der Waals surface area contributed by atoms with E-state index in [-0.39, 0.29) is 5.75 Å². The SMILES string of the molecule is O=S(=O)(Cc1ccccc1)NCCc1nc(-c2ccncc2)cs1. The minimum atomic E-state index is -3.33. The van der Waals surface area contributed by atoms with E-state index in [2.05, 4.69) is 14.7 Å². The second-order valence-electron chi connectivity index (χ2n) is 5.25. The summed E-state index contributed by atoms with van der Waals surface area (Å²) in [4.78, 5) is 8.53. The number of benzene rings is 1. The lowest BCUT2D eigenvalue weighted by molar-refractivity contribution is 0.580. The molecule has 0 saturated heterocycles.